The molecule has 15 heteroatoms. The number of phenols is 1. The van der Waals surface area contributed by atoms with Gasteiger partial charge in [0.15, 0.2) is 11.6 Å². The van der Waals surface area contributed by atoms with Gasteiger partial charge in [-0.2, -0.15) is 23.3 Å². The molecule has 2 aromatic carbocycles. The van der Waals surface area contributed by atoms with Crippen LogP contribution in [0.15, 0.2) is 41.6 Å². The van der Waals surface area contributed by atoms with Gasteiger partial charge in [0.1, 0.15) is 10.8 Å². The van der Waals surface area contributed by atoms with Gasteiger partial charge in [-0.1, -0.05) is 17.7 Å². The highest BCUT2D eigenvalue weighted by molar-refractivity contribution is 6.35. The van der Waals surface area contributed by atoms with Gasteiger partial charge in [-0.25, -0.2) is 14.8 Å². The van der Waals surface area contributed by atoms with Crippen molar-refractivity contribution < 1.29 is 27.4 Å². The Balaban J connectivity index is 1.27. The number of alkyl halides is 3. The number of halogens is 5. The maximum Gasteiger partial charge on any atom is 0.416 e. The van der Waals surface area contributed by atoms with Crippen molar-refractivity contribution in [1.29, 1.82) is 0 Å². The minimum atomic E-state index is -4.55. The first-order valence-corrected chi connectivity index (χ1v) is 14.0. The molecule has 3 aromatic rings. The third kappa shape index (κ3) is 7.63. The number of nitrogens with one attached hydrogen (secondary N) is 2. The molecule has 2 fully saturated rings. The number of benzene rings is 2. The molecular formula is C28H31ClF4N8O2. The first kappa shape index (κ1) is 30.7. The summed E-state index contributed by atoms with van der Waals surface area (Å²) in [5.41, 5.74) is 2.66. The number of hydrogen-bond acceptors (Lipinski definition) is 10. The van der Waals surface area contributed by atoms with Crippen LogP contribution in [0.1, 0.15) is 16.7 Å². The van der Waals surface area contributed by atoms with E-state index in [2.05, 4.69) is 30.7 Å². The Bertz CT molecular complexity index is 1460. The number of hydrogen-bond donors (Lipinski definition) is 3. The fourth-order valence-electron chi connectivity index (χ4n) is 4.81. The van der Waals surface area contributed by atoms with E-state index in [4.69, 9.17) is 16.3 Å². The minimum absolute atomic E-state index is 0.0413. The molecule has 10 nitrogen and oxygen atoms in total. The number of anilines is 4. The second-order valence-corrected chi connectivity index (χ2v) is 10.7. The maximum atomic E-state index is 14.3. The summed E-state index contributed by atoms with van der Waals surface area (Å²) in [5.74, 6) is -0.747. The number of aromatic nitrogens is 2. The highest BCUT2D eigenvalue weighted by Gasteiger charge is 2.34. The molecule has 2 aliphatic rings. The van der Waals surface area contributed by atoms with Crippen LogP contribution in [0.3, 0.4) is 0 Å². The Morgan fingerprint density at radius 2 is 1.84 bits per heavy atom. The van der Waals surface area contributed by atoms with Gasteiger partial charge >= 0.3 is 6.18 Å². The van der Waals surface area contributed by atoms with Crippen molar-refractivity contribution in [1.82, 2.24) is 19.8 Å². The van der Waals surface area contributed by atoms with Crippen molar-refractivity contribution in [2.24, 2.45) is 5.10 Å². The third-order valence-electron chi connectivity index (χ3n) is 7.24. The summed E-state index contributed by atoms with van der Waals surface area (Å²) in [6, 6.07) is 7.07. The van der Waals surface area contributed by atoms with Gasteiger partial charge in [-0.15, -0.1) is 0 Å². The van der Waals surface area contributed by atoms with Crippen LogP contribution < -0.4 is 15.6 Å². The van der Waals surface area contributed by atoms with Crippen molar-refractivity contribution >= 4 is 41.0 Å². The van der Waals surface area contributed by atoms with Gasteiger partial charge in [0.25, 0.3) is 0 Å². The number of ether oxygens (including phenoxy) is 1. The molecule has 230 valence electrons. The number of nitrogens with zero attached hydrogens (tertiary/aromatic N) is 6. The number of phenolic OH excluding ortho intramolecular Hbond substituents is 1. The normalized spacial score (nSPS) is 17.0. The Kier molecular flexibility index (Phi) is 9.49. The number of rotatable bonds is 8. The molecule has 3 N–H and O–H groups in total. The molecule has 3 heterocycles. The van der Waals surface area contributed by atoms with Gasteiger partial charge in [0.2, 0.25) is 5.95 Å². The molecular weight excluding hydrogens is 592 g/mol. The molecule has 43 heavy (non-hydrogen) atoms. The molecule has 0 saturated carbocycles. The Morgan fingerprint density at radius 1 is 1.09 bits per heavy atom. The monoisotopic (exact) mass is 622 g/mol. The summed E-state index contributed by atoms with van der Waals surface area (Å²) in [7, 11) is 1.99. The quantitative estimate of drug-likeness (QED) is 0.186. The van der Waals surface area contributed by atoms with E-state index in [1.165, 1.54) is 24.4 Å². The lowest BCUT2D eigenvalue weighted by Crippen LogP contribution is -2.44. The first-order chi connectivity index (χ1) is 20.6. The van der Waals surface area contributed by atoms with E-state index in [0.717, 1.165) is 25.4 Å². The van der Waals surface area contributed by atoms with Crippen LogP contribution in [-0.4, -0.2) is 90.6 Å². The maximum absolute atomic E-state index is 14.3. The molecule has 0 bridgehead atoms. The zero-order valence-corrected chi connectivity index (χ0v) is 24.1. The SMILES string of the molecule is CN1CCN(Cc2ccc(Nc3ccc(/C=N/Nc4ncc(F)c(N5CCOCC5)n4)c(O)c3Cl)cc2C(F)(F)F)CC1. The van der Waals surface area contributed by atoms with Gasteiger partial charge in [0.05, 0.1) is 36.9 Å². The van der Waals surface area contributed by atoms with Gasteiger partial charge < -0.3 is 25.0 Å². The molecule has 0 amide bonds. The van der Waals surface area contributed by atoms with E-state index < -0.39 is 17.6 Å². The summed E-state index contributed by atoms with van der Waals surface area (Å²) < 4.78 is 61.5. The van der Waals surface area contributed by atoms with Gasteiger partial charge in [0, 0.05) is 57.1 Å². The molecule has 5 rings (SSSR count). The molecule has 0 spiro atoms. The summed E-state index contributed by atoms with van der Waals surface area (Å²) in [6.45, 7) is 5.08. The van der Waals surface area contributed by atoms with Gasteiger partial charge in [-0.05, 0) is 36.9 Å². The predicted octanol–water partition coefficient (Wildman–Crippen LogP) is 4.77. The fraction of sp³-hybridized carbons (Fsp3) is 0.393. The standard InChI is InChI=1S/C28H31ClF4N8O2/c1-39-6-8-40(9-7-39)17-19-2-4-20(14-21(19)28(31,32)33)36-23-5-3-18(25(42)24(23)29)15-35-38-27-34-16-22(30)26(37-27)41-10-12-43-13-11-41/h2-5,14-16,36,42H,6-13,17H2,1H3,(H,34,37,38)/b35-15+. The topological polar surface area (TPSA) is 101 Å². The van der Waals surface area contributed by atoms with Crippen LogP contribution in [0.4, 0.5) is 40.7 Å². The molecule has 1 aromatic heterocycles. The molecule has 0 radical (unpaired) electrons. The Hall–Kier alpha value is -3.72. The van der Waals surface area contributed by atoms with E-state index in [-0.39, 0.29) is 51.6 Å². The predicted molar refractivity (Wildman–Crippen MR) is 157 cm³/mol. The molecule has 0 aliphatic carbocycles. The summed E-state index contributed by atoms with van der Waals surface area (Å²) >= 11 is 6.36. The van der Waals surface area contributed by atoms with E-state index in [1.54, 1.807) is 11.0 Å². The lowest BCUT2D eigenvalue weighted by Gasteiger charge is -2.33. The number of piperazine rings is 1. The number of likely N-dealkylation sites (N-methyl/N-ethyl adjacent to an activating group) is 1. The number of aromatic hydroxyl groups is 1. The van der Waals surface area contributed by atoms with Crippen molar-refractivity contribution in [3.63, 3.8) is 0 Å². The van der Waals surface area contributed by atoms with Crippen molar-refractivity contribution in [3.8, 4) is 5.75 Å². The second kappa shape index (κ2) is 13.3. The van der Waals surface area contributed by atoms with E-state index in [0.29, 0.717) is 39.4 Å². The zero-order valence-electron chi connectivity index (χ0n) is 23.3. The van der Waals surface area contributed by atoms with Crippen molar-refractivity contribution in [2.75, 3.05) is 75.2 Å². The number of hydrazone groups is 1. The van der Waals surface area contributed by atoms with E-state index >= 15 is 0 Å². The van der Waals surface area contributed by atoms with E-state index in [9.17, 15) is 22.7 Å². The Labute approximate surface area is 250 Å². The lowest BCUT2D eigenvalue weighted by atomic mass is 10.0. The summed E-state index contributed by atoms with van der Waals surface area (Å²) in [5, 5.41) is 17.4. The average Bonchev–Trinajstić information content (AvgIpc) is 2.99. The second-order valence-electron chi connectivity index (χ2n) is 10.3. The zero-order chi connectivity index (χ0) is 30.6. The highest BCUT2D eigenvalue weighted by atomic mass is 35.5. The molecule has 0 unspecified atom stereocenters. The molecule has 0 atom stereocenters. The Morgan fingerprint density at radius 3 is 2.56 bits per heavy atom. The van der Waals surface area contributed by atoms with Crippen LogP contribution in [0.5, 0.6) is 5.75 Å². The average molecular weight is 623 g/mol. The molecule has 2 saturated heterocycles. The largest absolute Gasteiger partial charge is 0.506 e. The third-order valence-corrected chi connectivity index (χ3v) is 7.62. The first-order valence-electron chi connectivity index (χ1n) is 13.6. The lowest BCUT2D eigenvalue weighted by molar-refractivity contribution is -0.138. The van der Waals surface area contributed by atoms with Crippen LogP contribution >= 0.6 is 11.6 Å². The van der Waals surface area contributed by atoms with Crippen LogP contribution in [-0.2, 0) is 17.5 Å². The molecule has 2 aliphatic heterocycles. The van der Waals surface area contributed by atoms with Gasteiger partial charge in [-0.3, -0.25) is 4.90 Å². The van der Waals surface area contributed by atoms with Crippen LogP contribution in [0, 0.1) is 5.82 Å². The number of morpholine rings is 1. The van der Waals surface area contributed by atoms with E-state index in [1.807, 2.05) is 11.9 Å². The smallest absolute Gasteiger partial charge is 0.416 e. The van der Waals surface area contributed by atoms with Crippen molar-refractivity contribution in [3.05, 3.63) is 64.1 Å². The fourth-order valence-corrected chi connectivity index (χ4v) is 5.03. The van der Waals surface area contributed by atoms with Crippen LogP contribution in [0.25, 0.3) is 0 Å². The minimum Gasteiger partial charge on any atom is -0.506 e. The van der Waals surface area contributed by atoms with Crippen LogP contribution in [0.2, 0.25) is 5.02 Å². The summed E-state index contributed by atoms with van der Waals surface area (Å²) in [6.07, 6.45) is -2.25. The highest BCUT2D eigenvalue weighted by Crippen LogP contribution is 2.38. The summed E-state index contributed by atoms with van der Waals surface area (Å²) in [4.78, 5) is 13.9. The van der Waals surface area contributed by atoms with Crippen molar-refractivity contribution in [2.45, 2.75) is 12.7 Å².